The van der Waals surface area contributed by atoms with Gasteiger partial charge in [0, 0.05) is 30.3 Å². The molecule has 0 bridgehead atoms. The number of carbonyl (C=O) groups excluding carboxylic acids is 1. The Balaban J connectivity index is 1.84. The lowest BCUT2D eigenvalue weighted by molar-refractivity contribution is 0.122. The van der Waals surface area contributed by atoms with E-state index in [4.69, 9.17) is 21.1 Å². The SMILES string of the molecule is CCN(C(=O)Nc1ccc(Cl)cc1)c1nc(OC)nc(N2CCOCC2)n1. The first-order chi connectivity index (χ1) is 13.1. The van der Waals surface area contributed by atoms with Crippen LogP contribution in [-0.4, -0.2) is 60.9 Å². The highest BCUT2D eigenvalue weighted by Gasteiger charge is 2.22. The van der Waals surface area contributed by atoms with Gasteiger partial charge in [0.05, 0.1) is 20.3 Å². The molecule has 10 heteroatoms. The van der Waals surface area contributed by atoms with E-state index in [9.17, 15) is 4.79 Å². The molecule has 0 radical (unpaired) electrons. The van der Waals surface area contributed by atoms with E-state index in [1.54, 1.807) is 24.3 Å². The van der Waals surface area contributed by atoms with Crippen molar-refractivity contribution in [1.82, 2.24) is 15.0 Å². The van der Waals surface area contributed by atoms with Gasteiger partial charge in [-0.05, 0) is 31.2 Å². The minimum atomic E-state index is -0.360. The molecule has 1 saturated heterocycles. The normalized spacial score (nSPS) is 14.0. The van der Waals surface area contributed by atoms with Crippen molar-refractivity contribution in [3.8, 4) is 6.01 Å². The molecule has 0 spiro atoms. The van der Waals surface area contributed by atoms with Gasteiger partial charge in [0.1, 0.15) is 0 Å². The molecule has 1 fully saturated rings. The van der Waals surface area contributed by atoms with Crippen LogP contribution in [0.15, 0.2) is 24.3 Å². The summed E-state index contributed by atoms with van der Waals surface area (Å²) in [7, 11) is 1.48. The summed E-state index contributed by atoms with van der Waals surface area (Å²) < 4.78 is 10.6. The number of aromatic nitrogens is 3. The Kier molecular flexibility index (Phi) is 6.25. The summed E-state index contributed by atoms with van der Waals surface area (Å²) in [6, 6.07) is 6.65. The Morgan fingerprint density at radius 2 is 1.96 bits per heavy atom. The Bertz CT molecular complexity index is 783. The van der Waals surface area contributed by atoms with Crippen LogP contribution >= 0.6 is 11.6 Å². The predicted octanol–water partition coefficient (Wildman–Crippen LogP) is 2.43. The molecule has 2 aromatic rings. The molecule has 3 rings (SSSR count). The van der Waals surface area contributed by atoms with Gasteiger partial charge in [-0.2, -0.15) is 15.0 Å². The lowest BCUT2D eigenvalue weighted by atomic mass is 10.3. The van der Waals surface area contributed by atoms with Crippen LogP contribution < -0.4 is 19.9 Å². The molecule has 0 atom stereocenters. The fourth-order valence-electron chi connectivity index (χ4n) is 2.55. The number of carbonyl (C=O) groups is 1. The lowest BCUT2D eigenvalue weighted by Crippen LogP contribution is -2.39. The summed E-state index contributed by atoms with van der Waals surface area (Å²) in [6.07, 6.45) is 0. The number of nitrogens with one attached hydrogen (secondary N) is 1. The van der Waals surface area contributed by atoms with Crippen molar-refractivity contribution in [2.45, 2.75) is 6.92 Å². The summed E-state index contributed by atoms with van der Waals surface area (Å²) in [5.41, 5.74) is 0.622. The second kappa shape index (κ2) is 8.83. The maximum atomic E-state index is 12.7. The van der Waals surface area contributed by atoms with Crippen molar-refractivity contribution >= 4 is 35.2 Å². The van der Waals surface area contributed by atoms with E-state index in [2.05, 4.69) is 20.3 Å². The molecule has 0 saturated carbocycles. The number of morpholine rings is 1. The van der Waals surface area contributed by atoms with Gasteiger partial charge in [0.2, 0.25) is 11.9 Å². The average molecular weight is 393 g/mol. The molecule has 1 aliphatic heterocycles. The molecule has 1 aromatic heterocycles. The molecule has 2 heterocycles. The maximum absolute atomic E-state index is 12.7. The summed E-state index contributed by atoms with van der Waals surface area (Å²) in [6.45, 7) is 4.72. The number of urea groups is 1. The van der Waals surface area contributed by atoms with E-state index in [0.29, 0.717) is 49.5 Å². The number of ether oxygens (including phenoxy) is 2. The van der Waals surface area contributed by atoms with Gasteiger partial charge in [0.25, 0.3) is 0 Å². The van der Waals surface area contributed by atoms with Gasteiger partial charge in [-0.15, -0.1) is 0 Å². The van der Waals surface area contributed by atoms with Crippen LogP contribution in [-0.2, 0) is 4.74 Å². The highest BCUT2D eigenvalue weighted by Crippen LogP contribution is 2.20. The van der Waals surface area contributed by atoms with E-state index in [1.807, 2.05) is 11.8 Å². The summed E-state index contributed by atoms with van der Waals surface area (Å²) in [5.74, 6) is 0.676. The van der Waals surface area contributed by atoms with Crippen molar-refractivity contribution in [2.75, 3.05) is 55.1 Å². The monoisotopic (exact) mass is 392 g/mol. The third-order valence-corrected chi connectivity index (χ3v) is 4.22. The number of hydrogen-bond donors (Lipinski definition) is 1. The standard InChI is InChI=1S/C17H21ClN6O3/c1-3-24(17(25)19-13-6-4-12(18)5-7-13)15-20-14(21-16(22-15)26-2)23-8-10-27-11-9-23/h4-7H,3,8-11H2,1-2H3,(H,19,25). The minimum Gasteiger partial charge on any atom is -0.467 e. The number of rotatable bonds is 5. The maximum Gasteiger partial charge on any atom is 0.328 e. The molecule has 9 nitrogen and oxygen atoms in total. The van der Waals surface area contributed by atoms with Gasteiger partial charge >= 0.3 is 12.0 Å². The van der Waals surface area contributed by atoms with Crippen molar-refractivity contribution < 1.29 is 14.3 Å². The van der Waals surface area contributed by atoms with Gasteiger partial charge in [-0.3, -0.25) is 4.90 Å². The topological polar surface area (TPSA) is 92.7 Å². The van der Waals surface area contributed by atoms with Crippen molar-refractivity contribution in [2.24, 2.45) is 0 Å². The first-order valence-electron chi connectivity index (χ1n) is 8.57. The molecule has 1 N–H and O–H groups in total. The number of hydrogen-bond acceptors (Lipinski definition) is 7. The molecular formula is C17H21ClN6O3. The Morgan fingerprint density at radius 1 is 1.26 bits per heavy atom. The van der Waals surface area contributed by atoms with Crippen molar-refractivity contribution in [3.05, 3.63) is 29.3 Å². The molecule has 144 valence electrons. The number of methoxy groups -OCH3 is 1. The quantitative estimate of drug-likeness (QED) is 0.835. The molecule has 27 heavy (non-hydrogen) atoms. The van der Waals surface area contributed by atoms with Crippen LogP contribution in [0.3, 0.4) is 0 Å². The van der Waals surface area contributed by atoms with Crippen LogP contribution in [0, 0.1) is 0 Å². The fourth-order valence-corrected chi connectivity index (χ4v) is 2.68. The third-order valence-electron chi connectivity index (χ3n) is 3.97. The second-order valence-corrected chi connectivity index (χ2v) is 6.14. The van der Waals surface area contributed by atoms with E-state index in [0.717, 1.165) is 0 Å². The number of anilines is 3. The molecule has 0 unspecified atom stereocenters. The van der Waals surface area contributed by atoms with E-state index in [-0.39, 0.29) is 18.0 Å². The summed E-state index contributed by atoms with van der Waals surface area (Å²) in [4.78, 5) is 29.1. The summed E-state index contributed by atoms with van der Waals surface area (Å²) >= 11 is 5.88. The second-order valence-electron chi connectivity index (χ2n) is 5.70. The van der Waals surface area contributed by atoms with Crippen molar-refractivity contribution in [1.29, 1.82) is 0 Å². The molecule has 1 aliphatic rings. The average Bonchev–Trinajstić information content (AvgIpc) is 2.70. The van der Waals surface area contributed by atoms with Crippen LogP contribution in [0.5, 0.6) is 6.01 Å². The molecular weight excluding hydrogens is 372 g/mol. The number of nitrogens with zero attached hydrogens (tertiary/aromatic N) is 5. The largest absolute Gasteiger partial charge is 0.467 e. The zero-order valence-corrected chi connectivity index (χ0v) is 15.9. The highest BCUT2D eigenvalue weighted by molar-refractivity contribution is 6.30. The van der Waals surface area contributed by atoms with Crippen LogP contribution in [0.4, 0.5) is 22.4 Å². The fraction of sp³-hybridized carbons (Fsp3) is 0.412. The number of halogens is 1. The molecule has 2 amide bonds. The van der Waals surface area contributed by atoms with Gasteiger partial charge < -0.3 is 19.7 Å². The first-order valence-corrected chi connectivity index (χ1v) is 8.95. The highest BCUT2D eigenvalue weighted by atomic mass is 35.5. The van der Waals surface area contributed by atoms with Crippen LogP contribution in [0.2, 0.25) is 5.02 Å². The Hall–Kier alpha value is -2.65. The summed E-state index contributed by atoms with van der Waals surface area (Å²) in [5, 5.41) is 3.40. The van der Waals surface area contributed by atoms with E-state index in [1.165, 1.54) is 12.0 Å². The molecule has 1 aromatic carbocycles. The van der Waals surface area contributed by atoms with Crippen LogP contribution in [0.1, 0.15) is 6.92 Å². The van der Waals surface area contributed by atoms with Gasteiger partial charge in [-0.1, -0.05) is 11.6 Å². The van der Waals surface area contributed by atoms with Gasteiger partial charge in [0.15, 0.2) is 0 Å². The Labute approximate surface area is 162 Å². The smallest absolute Gasteiger partial charge is 0.328 e. The number of benzene rings is 1. The van der Waals surface area contributed by atoms with E-state index < -0.39 is 0 Å². The number of amides is 2. The molecule has 0 aliphatic carbocycles. The van der Waals surface area contributed by atoms with Crippen molar-refractivity contribution in [3.63, 3.8) is 0 Å². The lowest BCUT2D eigenvalue weighted by Gasteiger charge is -2.28. The van der Waals surface area contributed by atoms with Crippen LogP contribution in [0.25, 0.3) is 0 Å². The Morgan fingerprint density at radius 3 is 2.59 bits per heavy atom. The zero-order valence-electron chi connectivity index (χ0n) is 15.2. The third kappa shape index (κ3) is 4.75. The first kappa shape index (κ1) is 19.1. The predicted molar refractivity (Wildman–Crippen MR) is 103 cm³/mol. The zero-order chi connectivity index (χ0) is 19.2. The minimum absolute atomic E-state index is 0.152. The van der Waals surface area contributed by atoms with E-state index >= 15 is 0 Å². The van der Waals surface area contributed by atoms with Gasteiger partial charge in [-0.25, -0.2) is 4.79 Å².